The zero-order chi connectivity index (χ0) is 18.4. The van der Waals surface area contributed by atoms with Gasteiger partial charge in [-0.1, -0.05) is 29.8 Å². The van der Waals surface area contributed by atoms with Gasteiger partial charge in [0.2, 0.25) is 5.78 Å². The highest BCUT2D eigenvalue weighted by molar-refractivity contribution is 6.48. The molecule has 0 aliphatic carbocycles. The summed E-state index contributed by atoms with van der Waals surface area (Å²) in [7, 11) is 0. The molecule has 0 saturated carbocycles. The largest absolute Gasteiger partial charge is 0.345 e. The number of hydrogen-bond acceptors (Lipinski definition) is 4. The molecule has 2 unspecified atom stereocenters. The van der Waals surface area contributed by atoms with Crippen molar-refractivity contribution in [1.29, 1.82) is 0 Å². The molecule has 1 amide bonds. The minimum Gasteiger partial charge on any atom is -0.345 e. The number of aromatic nitrogens is 2. The van der Waals surface area contributed by atoms with Crippen molar-refractivity contribution in [2.24, 2.45) is 5.92 Å². The molecule has 2 heterocycles. The zero-order valence-electron chi connectivity index (χ0n) is 14.4. The van der Waals surface area contributed by atoms with E-state index in [0.717, 1.165) is 22.2 Å². The van der Waals surface area contributed by atoms with Crippen LogP contribution in [0.2, 0.25) is 0 Å². The Morgan fingerprint density at radius 3 is 2.69 bits per heavy atom. The van der Waals surface area contributed by atoms with Gasteiger partial charge in [0.1, 0.15) is 11.7 Å². The quantitative estimate of drug-likeness (QED) is 0.583. The monoisotopic (exact) mass is 347 g/mol. The van der Waals surface area contributed by atoms with E-state index < -0.39 is 23.7 Å². The number of H-pyrrole nitrogens is 1. The van der Waals surface area contributed by atoms with Gasteiger partial charge in [0.05, 0.1) is 23.4 Å². The van der Waals surface area contributed by atoms with E-state index in [1.807, 2.05) is 31.2 Å². The summed E-state index contributed by atoms with van der Waals surface area (Å²) in [6.07, 6.45) is 1.57. The van der Waals surface area contributed by atoms with Gasteiger partial charge in [-0.25, -0.2) is 4.98 Å². The fraction of sp³-hybridized carbons (Fsp3) is 0.200. The van der Waals surface area contributed by atoms with Gasteiger partial charge >= 0.3 is 0 Å². The normalized spacial score (nSPS) is 20.2. The fourth-order valence-corrected chi connectivity index (χ4v) is 3.62. The number of Topliss-reactive ketones (excluding diaryl/α,β-unsaturated/α-hetero) is 2. The second kappa shape index (κ2) is 5.91. The predicted octanol–water partition coefficient (Wildman–Crippen LogP) is 2.73. The van der Waals surface area contributed by atoms with E-state index in [2.05, 4.69) is 9.97 Å². The third kappa shape index (κ3) is 2.42. The second-order valence-corrected chi connectivity index (χ2v) is 6.59. The van der Waals surface area contributed by atoms with Crippen LogP contribution in [-0.2, 0) is 14.4 Å². The molecule has 1 fully saturated rings. The van der Waals surface area contributed by atoms with Crippen LogP contribution in [0.3, 0.4) is 0 Å². The lowest BCUT2D eigenvalue weighted by atomic mass is 9.89. The van der Waals surface area contributed by atoms with Crippen LogP contribution in [0.15, 0.2) is 48.8 Å². The van der Waals surface area contributed by atoms with E-state index >= 15 is 0 Å². The van der Waals surface area contributed by atoms with Gasteiger partial charge in [-0.05, 0) is 37.6 Å². The molecule has 1 aliphatic heterocycles. The number of benzene rings is 2. The Morgan fingerprint density at radius 1 is 1.15 bits per heavy atom. The number of anilines is 1. The molecule has 1 aromatic heterocycles. The third-order valence-corrected chi connectivity index (χ3v) is 4.81. The van der Waals surface area contributed by atoms with Crippen LogP contribution in [0.4, 0.5) is 5.69 Å². The molecule has 6 heteroatoms. The zero-order valence-corrected chi connectivity index (χ0v) is 14.4. The van der Waals surface area contributed by atoms with Crippen LogP contribution in [0, 0.1) is 12.8 Å². The molecule has 26 heavy (non-hydrogen) atoms. The van der Waals surface area contributed by atoms with Gasteiger partial charge < -0.3 is 4.98 Å². The molecule has 4 rings (SSSR count). The van der Waals surface area contributed by atoms with Gasteiger partial charge in [0.25, 0.3) is 5.91 Å². The number of nitrogens with zero attached hydrogens (tertiary/aromatic N) is 2. The highest BCUT2D eigenvalue weighted by Gasteiger charge is 2.51. The average molecular weight is 347 g/mol. The maximum Gasteiger partial charge on any atom is 0.295 e. The summed E-state index contributed by atoms with van der Waals surface area (Å²) in [5, 5.41) is 0. The number of nitrogens with one attached hydrogen (secondary N) is 1. The van der Waals surface area contributed by atoms with Crippen LogP contribution in [0.5, 0.6) is 0 Å². The lowest BCUT2D eigenvalue weighted by Gasteiger charge is -2.27. The number of carbonyl (C=O) groups is 3. The van der Waals surface area contributed by atoms with Crippen molar-refractivity contribution in [3.05, 3.63) is 59.9 Å². The van der Waals surface area contributed by atoms with Crippen molar-refractivity contribution >= 4 is 34.2 Å². The second-order valence-electron chi connectivity index (χ2n) is 6.59. The summed E-state index contributed by atoms with van der Waals surface area (Å²) >= 11 is 0. The van der Waals surface area contributed by atoms with E-state index in [1.165, 1.54) is 11.8 Å². The summed E-state index contributed by atoms with van der Waals surface area (Å²) in [6, 6.07) is 12.2. The molecular weight excluding hydrogens is 330 g/mol. The summed E-state index contributed by atoms with van der Waals surface area (Å²) in [5.41, 5.74) is 3.86. The Labute approximate surface area is 149 Å². The Balaban J connectivity index is 1.90. The molecule has 6 nitrogen and oxygen atoms in total. The number of amides is 1. The molecule has 3 aromatic rings. The first-order valence-electron chi connectivity index (χ1n) is 8.35. The van der Waals surface area contributed by atoms with Crippen molar-refractivity contribution in [3.8, 4) is 0 Å². The minimum atomic E-state index is -0.998. The molecule has 1 saturated heterocycles. The first kappa shape index (κ1) is 16.2. The molecule has 1 aliphatic rings. The fourth-order valence-electron chi connectivity index (χ4n) is 3.62. The minimum absolute atomic E-state index is 0.306. The number of hydrogen-bond donors (Lipinski definition) is 1. The summed E-state index contributed by atoms with van der Waals surface area (Å²) in [6.45, 7) is 3.30. The molecule has 0 spiro atoms. The topological polar surface area (TPSA) is 83.1 Å². The SMILES string of the molecule is CC(=O)C1C(=O)C(=O)N(c2ccc3nc[nH]c3c2)C1c1cccc(C)c1. The van der Waals surface area contributed by atoms with E-state index in [4.69, 9.17) is 0 Å². The average Bonchev–Trinajstić information content (AvgIpc) is 3.17. The van der Waals surface area contributed by atoms with Crippen LogP contribution < -0.4 is 4.90 Å². The van der Waals surface area contributed by atoms with Crippen molar-refractivity contribution in [2.45, 2.75) is 19.9 Å². The maximum absolute atomic E-state index is 12.8. The van der Waals surface area contributed by atoms with E-state index in [0.29, 0.717) is 5.69 Å². The number of aryl methyl sites for hydroxylation is 1. The lowest BCUT2D eigenvalue weighted by Crippen LogP contribution is -2.30. The number of ketones is 2. The number of fused-ring (bicyclic) bond motifs is 1. The third-order valence-electron chi connectivity index (χ3n) is 4.81. The number of imidazole rings is 1. The highest BCUT2D eigenvalue weighted by Crippen LogP contribution is 2.40. The summed E-state index contributed by atoms with van der Waals surface area (Å²) in [5.74, 6) is -2.62. The molecule has 2 aromatic carbocycles. The van der Waals surface area contributed by atoms with E-state index in [9.17, 15) is 14.4 Å². The van der Waals surface area contributed by atoms with E-state index in [-0.39, 0.29) is 5.78 Å². The molecule has 1 N–H and O–H groups in total. The predicted molar refractivity (Wildman–Crippen MR) is 96.7 cm³/mol. The number of rotatable bonds is 3. The van der Waals surface area contributed by atoms with E-state index in [1.54, 1.807) is 24.5 Å². The first-order valence-corrected chi connectivity index (χ1v) is 8.35. The van der Waals surface area contributed by atoms with Crippen molar-refractivity contribution in [1.82, 2.24) is 9.97 Å². The van der Waals surface area contributed by atoms with Gasteiger partial charge in [0.15, 0.2) is 0 Å². The maximum atomic E-state index is 12.8. The van der Waals surface area contributed by atoms with Crippen LogP contribution >= 0.6 is 0 Å². The Kier molecular flexibility index (Phi) is 3.68. The Hall–Kier alpha value is -3.28. The van der Waals surface area contributed by atoms with Gasteiger partial charge in [-0.3, -0.25) is 19.3 Å². The first-order chi connectivity index (χ1) is 12.5. The van der Waals surface area contributed by atoms with Crippen LogP contribution in [0.25, 0.3) is 11.0 Å². The van der Waals surface area contributed by atoms with Gasteiger partial charge in [-0.15, -0.1) is 0 Å². The standard InChI is InChI=1S/C20H17N3O3/c1-11-4-3-5-13(8-11)18-17(12(2)24)19(25)20(26)23(18)14-6-7-15-16(9-14)22-10-21-15/h3-10,17-18H,1-2H3,(H,21,22). The molecule has 2 atom stereocenters. The van der Waals surface area contributed by atoms with Crippen LogP contribution in [-0.4, -0.2) is 27.4 Å². The van der Waals surface area contributed by atoms with Crippen molar-refractivity contribution in [3.63, 3.8) is 0 Å². The molecule has 0 bridgehead atoms. The number of aromatic amines is 1. The van der Waals surface area contributed by atoms with Crippen molar-refractivity contribution < 1.29 is 14.4 Å². The Morgan fingerprint density at radius 2 is 1.96 bits per heavy atom. The number of carbonyl (C=O) groups excluding carboxylic acids is 3. The smallest absolute Gasteiger partial charge is 0.295 e. The Bertz CT molecular complexity index is 1050. The highest BCUT2D eigenvalue weighted by atomic mass is 16.2. The van der Waals surface area contributed by atoms with Gasteiger partial charge in [-0.2, -0.15) is 0 Å². The molecular formula is C20H17N3O3. The summed E-state index contributed by atoms with van der Waals surface area (Å²) < 4.78 is 0. The van der Waals surface area contributed by atoms with Crippen LogP contribution in [0.1, 0.15) is 24.1 Å². The summed E-state index contributed by atoms with van der Waals surface area (Å²) in [4.78, 5) is 46.2. The lowest BCUT2D eigenvalue weighted by molar-refractivity contribution is -0.138. The van der Waals surface area contributed by atoms with Gasteiger partial charge in [0, 0.05) is 5.69 Å². The van der Waals surface area contributed by atoms with Crippen molar-refractivity contribution in [2.75, 3.05) is 4.90 Å². The molecule has 0 radical (unpaired) electrons. The molecule has 130 valence electrons.